The Balaban J connectivity index is 1.80. The summed E-state index contributed by atoms with van der Waals surface area (Å²) in [5.41, 5.74) is 5.96. The van der Waals surface area contributed by atoms with E-state index in [1.807, 2.05) is 42.3 Å². The summed E-state index contributed by atoms with van der Waals surface area (Å²) >= 11 is 0. The first kappa shape index (κ1) is 17.0. The van der Waals surface area contributed by atoms with Gasteiger partial charge in [0.1, 0.15) is 17.5 Å². The van der Waals surface area contributed by atoms with Crippen molar-refractivity contribution < 1.29 is 14.3 Å². The number of rotatable bonds is 4. The molecule has 0 saturated carbocycles. The van der Waals surface area contributed by atoms with Gasteiger partial charge in [-0.05, 0) is 37.4 Å². The molecule has 2 N–H and O–H groups in total. The number of para-hydroxylation sites is 1. The second-order valence-corrected chi connectivity index (χ2v) is 6.12. The molecule has 1 aliphatic rings. The van der Waals surface area contributed by atoms with E-state index in [-0.39, 0.29) is 5.91 Å². The maximum atomic E-state index is 12.9. The van der Waals surface area contributed by atoms with Crippen molar-refractivity contribution in [2.45, 2.75) is 6.04 Å². The van der Waals surface area contributed by atoms with Crippen LogP contribution >= 0.6 is 0 Å². The van der Waals surface area contributed by atoms with Crippen LogP contribution in [0, 0.1) is 0 Å². The molecule has 1 fully saturated rings. The number of hydrogen-bond acceptors (Lipinski definition) is 4. The minimum Gasteiger partial charge on any atom is -0.457 e. The van der Waals surface area contributed by atoms with Crippen LogP contribution in [0.3, 0.4) is 0 Å². The molecule has 1 aliphatic heterocycles. The van der Waals surface area contributed by atoms with Gasteiger partial charge in [-0.15, -0.1) is 0 Å². The van der Waals surface area contributed by atoms with E-state index in [0.717, 1.165) is 0 Å². The van der Waals surface area contributed by atoms with Crippen molar-refractivity contribution in [1.82, 2.24) is 9.80 Å². The van der Waals surface area contributed by atoms with E-state index in [9.17, 15) is 9.59 Å². The molecule has 0 spiro atoms. The number of benzene rings is 2. The van der Waals surface area contributed by atoms with Crippen molar-refractivity contribution in [1.29, 1.82) is 0 Å². The molecule has 2 aromatic carbocycles. The van der Waals surface area contributed by atoms with Crippen molar-refractivity contribution >= 4 is 11.8 Å². The van der Waals surface area contributed by atoms with E-state index >= 15 is 0 Å². The molecule has 0 bridgehead atoms. The second-order valence-electron chi connectivity index (χ2n) is 6.12. The Hall–Kier alpha value is -2.86. The van der Waals surface area contributed by atoms with Crippen LogP contribution in [0.15, 0.2) is 54.6 Å². The first-order chi connectivity index (χ1) is 12.0. The molecule has 3 rings (SSSR count). The van der Waals surface area contributed by atoms with Crippen molar-refractivity contribution in [3.63, 3.8) is 0 Å². The van der Waals surface area contributed by atoms with E-state index in [1.165, 1.54) is 0 Å². The van der Waals surface area contributed by atoms with E-state index in [0.29, 0.717) is 36.7 Å². The Labute approximate surface area is 146 Å². The summed E-state index contributed by atoms with van der Waals surface area (Å²) in [5.74, 6) is 0.565. The third kappa shape index (κ3) is 3.97. The normalized spacial score (nSPS) is 18.0. The number of likely N-dealkylation sites (N-methyl/N-ethyl adjacent to an activating group) is 1. The third-order valence-corrected chi connectivity index (χ3v) is 4.23. The SMILES string of the molecule is CN1CCN(C(=O)c2cccc(Oc3ccccc3)c2)[C@@H](C(N)=O)C1. The predicted molar refractivity (Wildman–Crippen MR) is 94.5 cm³/mol. The summed E-state index contributed by atoms with van der Waals surface area (Å²) < 4.78 is 5.78. The van der Waals surface area contributed by atoms with Crippen LogP contribution in [0.1, 0.15) is 10.4 Å². The smallest absolute Gasteiger partial charge is 0.254 e. The summed E-state index contributed by atoms with van der Waals surface area (Å²) in [5, 5.41) is 0. The molecule has 0 aromatic heterocycles. The zero-order valence-electron chi connectivity index (χ0n) is 14.1. The minimum absolute atomic E-state index is 0.213. The van der Waals surface area contributed by atoms with Crippen molar-refractivity contribution in [2.24, 2.45) is 5.73 Å². The fraction of sp³-hybridized carbons (Fsp3) is 0.263. The van der Waals surface area contributed by atoms with Crippen LogP contribution in [-0.2, 0) is 4.79 Å². The van der Waals surface area contributed by atoms with Gasteiger partial charge in [-0.2, -0.15) is 0 Å². The Morgan fingerprint density at radius 3 is 2.48 bits per heavy atom. The van der Waals surface area contributed by atoms with Gasteiger partial charge in [-0.25, -0.2) is 0 Å². The van der Waals surface area contributed by atoms with Crippen LogP contribution in [0.4, 0.5) is 0 Å². The van der Waals surface area contributed by atoms with E-state index in [2.05, 4.69) is 0 Å². The molecule has 1 heterocycles. The Morgan fingerprint density at radius 1 is 1.04 bits per heavy atom. The largest absolute Gasteiger partial charge is 0.457 e. The fourth-order valence-corrected chi connectivity index (χ4v) is 2.89. The lowest BCUT2D eigenvalue weighted by molar-refractivity contribution is -0.124. The topological polar surface area (TPSA) is 75.9 Å². The van der Waals surface area contributed by atoms with E-state index in [1.54, 1.807) is 29.2 Å². The summed E-state index contributed by atoms with van der Waals surface area (Å²) in [7, 11) is 1.91. The number of ether oxygens (including phenoxy) is 1. The molecule has 6 nitrogen and oxygen atoms in total. The fourth-order valence-electron chi connectivity index (χ4n) is 2.89. The minimum atomic E-state index is -0.620. The second kappa shape index (κ2) is 7.36. The van der Waals surface area contributed by atoms with Gasteiger partial charge in [0.2, 0.25) is 5.91 Å². The van der Waals surface area contributed by atoms with Crippen molar-refractivity contribution in [3.8, 4) is 11.5 Å². The zero-order chi connectivity index (χ0) is 17.8. The molecular formula is C19H21N3O3. The lowest BCUT2D eigenvalue weighted by Crippen LogP contribution is -2.59. The first-order valence-electron chi connectivity index (χ1n) is 8.16. The molecule has 6 heteroatoms. The van der Waals surface area contributed by atoms with Gasteiger partial charge in [0.05, 0.1) is 0 Å². The molecular weight excluding hydrogens is 318 g/mol. The molecule has 0 radical (unpaired) electrons. The van der Waals surface area contributed by atoms with Crippen LogP contribution < -0.4 is 10.5 Å². The molecule has 130 valence electrons. The number of nitrogens with two attached hydrogens (primary N) is 1. The zero-order valence-corrected chi connectivity index (χ0v) is 14.1. The maximum absolute atomic E-state index is 12.9. The first-order valence-corrected chi connectivity index (χ1v) is 8.16. The summed E-state index contributed by atoms with van der Waals surface area (Å²) in [6, 6.07) is 15.7. The molecule has 25 heavy (non-hydrogen) atoms. The molecule has 2 amide bonds. The number of carbonyl (C=O) groups excluding carboxylic acids is 2. The number of nitrogens with zero attached hydrogens (tertiary/aromatic N) is 2. The highest BCUT2D eigenvalue weighted by atomic mass is 16.5. The number of amides is 2. The van der Waals surface area contributed by atoms with Crippen LogP contribution in [-0.4, -0.2) is 54.3 Å². The average Bonchev–Trinajstić information content (AvgIpc) is 2.62. The van der Waals surface area contributed by atoms with Crippen LogP contribution in [0.25, 0.3) is 0 Å². The standard InChI is InChI=1S/C19H21N3O3/c1-21-10-11-22(17(13-21)18(20)23)19(24)14-6-5-9-16(12-14)25-15-7-3-2-4-8-15/h2-9,12,17H,10-11,13H2,1H3,(H2,20,23)/t17-/m1/s1. The highest BCUT2D eigenvalue weighted by molar-refractivity contribution is 5.97. The average molecular weight is 339 g/mol. The highest BCUT2D eigenvalue weighted by Crippen LogP contribution is 2.23. The predicted octanol–water partition coefficient (Wildman–Crippen LogP) is 1.72. The van der Waals surface area contributed by atoms with Gasteiger partial charge in [0.25, 0.3) is 5.91 Å². The maximum Gasteiger partial charge on any atom is 0.254 e. The van der Waals surface area contributed by atoms with Gasteiger partial charge in [-0.3, -0.25) is 9.59 Å². The Kier molecular flexibility index (Phi) is 5.00. The molecule has 1 saturated heterocycles. The number of piperazine rings is 1. The Morgan fingerprint density at radius 2 is 1.76 bits per heavy atom. The summed E-state index contributed by atoms with van der Waals surface area (Å²) in [6.45, 7) is 1.61. The van der Waals surface area contributed by atoms with E-state index < -0.39 is 11.9 Å². The molecule has 0 unspecified atom stereocenters. The van der Waals surface area contributed by atoms with Crippen molar-refractivity contribution in [3.05, 3.63) is 60.2 Å². The van der Waals surface area contributed by atoms with E-state index in [4.69, 9.17) is 10.5 Å². The van der Waals surface area contributed by atoms with Gasteiger partial charge < -0.3 is 20.3 Å². The van der Waals surface area contributed by atoms with Gasteiger partial charge in [0.15, 0.2) is 0 Å². The van der Waals surface area contributed by atoms with Gasteiger partial charge >= 0.3 is 0 Å². The van der Waals surface area contributed by atoms with Gasteiger partial charge in [-0.1, -0.05) is 24.3 Å². The monoisotopic (exact) mass is 339 g/mol. The summed E-state index contributed by atoms with van der Waals surface area (Å²) in [4.78, 5) is 28.1. The third-order valence-electron chi connectivity index (χ3n) is 4.23. The van der Waals surface area contributed by atoms with Crippen LogP contribution in [0.5, 0.6) is 11.5 Å². The van der Waals surface area contributed by atoms with Crippen molar-refractivity contribution in [2.75, 3.05) is 26.7 Å². The van der Waals surface area contributed by atoms with Gasteiger partial charge in [0, 0.05) is 25.2 Å². The highest BCUT2D eigenvalue weighted by Gasteiger charge is 2.33. The lowest BCUT2D eigenvalue weighted by Gasteiger charge is -2.38. The Bertz CT molecular complexity index is 764. The molecule has 0 aliphatic carbocycles. The quantitative estimate of drug-likeness (QED) is 0.920. The number of primary amides is 1. The number of carbonyl (C=O) groups is 2. The molecule has 2 aromatic rings. The summed E-state index contributed by atoms with van der Waals surface area (Å²) in [6.07, 6.45) is 0. The molecule has 1 atom stereocenters. The number of hydrogen-bond donors (Lipinski definition) is 1. The van der Waals surface area contributed by atoms with Crippen LogP contribution in [0.2, 0.25) is 0 Å². The lowest BCUT2D eigenvalue weighted by atomic mass is 10.1.